The van der Waals surface area contributed by atoms with Crippen LogP contribution in [0, 0.1) is 5.92 Å². The molecule has 0 amide bonds. The van der Waals surface area contributed by atoms with Crippen molar-refractivity contribution in [3.63, 3.8) is 0 Å². The summed E-state index contributed by atoms with van der Waals surface area (Å²) in [6, 6.07) is 0.566. The smallest absolute Gasteiger partial charge is 0.0732 e. The highest BCUT2D eigenvalue weighted by Crippen LogP contribution is 2.25. The SMILES string of the molecule is CCCC(C)CC(NCC)C1CCC(C)O1. The Hall–Kier alpha value is -0.0800. The third kappa shape index (κ3) is 4.42. The average molecular weight is 227 g/mol. The van der Waals surface area contributed by atoms with Crippen LogP contribution >= 0.6 is 0 Å². The van der Waals surface area contributed by atoms with Crippen LogP contribution in [-0.4, -0.2) is 24.8 Å². The number of nitrogens with one attached hydrogen (secondary N) is 1. The first-order valence-electron chi connectivity index (χ1n) is 7.06. The van der Waals surface area contributed by atoms with Crippen molar-refractivity contribution in [1.29, 1.82) is 0 Å². The Balaban J connectivity index is 2.40. The normalized spacial score (nSPS) is 29.2. The molecule has 0 aromatic heterocycles. The second kappa shape index (κ2) is 7.29. The maximum absolute atomic E-state index is 5.99. The van der Waals surface area contributed by atoms with Crippen LogP contribution in [0.15, 0.2) is 0 Å². The lowest BCUT2D eigenvalue weighted by molar-refractivity contribution is 0.0268. The summed E-state index contributed by atoms with van der Waals surface area (Å²) in [5, 5.41) is 3.61. The summed E-state index contributed by atoms with van der Waals surface area (Å²) in [7, 11) is 0. The first-order chi connectivity index (χ1) is 7.67. The Morgan fingerprint density at radius 2 is 2.06 bits per heavy atom. The van der Waals surface area contributed by atoms with Gasteiger partial charge >= 0.3 is 0 Å². The van der Waals surface area contributed by atoms with Crippen molar-refractivity contribution in [3.05, 3.63) is 0 Å². The summed E-state index contributed by atoms with van der Waals surface area (Å²) in [6.07, 6.45) is 7.28. The quantitative estimate of drug-likeness (QED) is 0.720. The van der Waals surface area contributed by atoms with E-state index < -0.39 is 0 Å². The van der Waals surface area contributed by atoms with Gasteiger partial charge in [-0.25, -0.2) is 0 Å². The lowest BCUT2D eigenvalue weighted by atomic mass is 9.93. The summed E-state index contributed by atoms with van der Waals surface area (Å²) in [4.78, 5) is 0. The second-order valence-electron chi connectivity index (χ2n) is 5.36. The Morgan fingerprint density at radius 3 is 2.56 bits per heavy atom. The lowest BCUT2D eigenvalue weighted by Crippen LogP contribution is -2.41. The maximum atomic E-state index is 5.99. The fourth-order valence-corrected chi connectivity index (χ4v) is 2.80. The Morgan fingerprint density at radius 1 is 1.31 bits per heavy atom. The minimum Gasteiger partial charge on any atom is -0.374 e. The Kier molecular flexibility index (Phi) is 6.37. The van der Waals surface area contributed by atoms with Gasteiger partial charge < -0.3 is 10.1 Å². The van der Waals surface area contributed by atoms with Crippen molar-refractivity contribution >= 4 is 0 Å². The molecule has 1 heterocycles. The molecule has 96 valence electrons. The van der Waals surface area contributed by atoms with Crippen molar-refractivity contribution in [2.75, 3.05) is 6.54 Å². The zero-order valence-corrected chi connectivity index (χ0v) is 11.5. The minimum absolute atomic E-state index is 0.453. The van der Waals surface area contributed by atoms with Crippen LogP contribution in [0.3, 0.4) is 0 Å². The van der Waals surface area contributed by atoms with Crippen molar-refractivity contribution in [1.82, 2.24) is 5.32 Å². The average Bonchev–Trinajstić information content (AvgIpc) is 2.64. The molecule has 0 saturated carbocycles. The summed E-state index contributed by atoms with van der Waals surface area (Å²) >= 11 is 0. The summed E-state index contributed by atoms with van der Waals surface area (Å²) < 4.78 is 5.99. The number of hydrogen-bond acceptors (Lipinski definition) is 2. The van der Waals surface area contributed by atoms with Gasteiger partial charge in [0.05, 0.1) is 12.2 Å². The largest absolute Gasteiger partial charge is 0.374 e. The molecule has 1 aliphatic rings. The van der Waals surface area contributed by atoms with Crippen molar-refractivity contribution in [2.24, 2.45) is 5.92 Å². The second-order valence-corrected chi connectivity index (χ2v) is 5.36. The van der Waals surface area contributed by atoms with Gasteiger partial charge in [-0.15, -0.1) is 0 Å². The van der Waals surface area contributed by atoms with E-state index in [1.54, 1.807) is 0 Å². The molecule has 4 atom stereocenters. The monoisotopic (exact) mass is 227 g/mol. The van der Waals surface area contributed by atoms with Crippen LogP contribution < -0.4 is 5.32 Å². The van der Waals surface area contributed by atoms with Crippen LogP contribution in [0.5, 0.6) is 0 Å². The van der Waals surface area contributed by atoms with E-state index in [2.05, 4.69) is 33.0 Å². The third-order valence-corrected chi connectivity index (χ3v) is 3.62. The zero-order valence-electron chi connectivity index (χ0n) is 11.5. The van der Waals surface area contributed by atoms with E-state index >= 15 is 0 Å². The van der Waals surface area contributed by atoms with Crippen molar-refractivity contribution in [3.8, 4) is 0 Å². The molecule has 4 unspecified atom stereocenters. The molecule has 1 N–H and O–H groups in total. The van der Waals surface area contributed by atoms with Crippen LogP contribution in [0.25, 0.3) is 0 Å². The first-order valence-corrected chi connectivity index (χ1v) is 7.06. The molecule has 2 heteroatoms. The van der Waals surface area contributed by atoms with Gasteiger partial charge in [-0.3, -0.25) is 0 Å². The van der Waals surface area contributed by atoms with Gasteiger partial charge in [0, 0.05) is 6.04 Å². The third-order valence-electron chi connectivity index (χ3n) is 3.62. The number of rotatable bonds is 7. The summed E-state index contributed by atoms with van der Waals surface area (Å²) in [6.45, 7) is 10.1. The predicted molar refractivity (Wildman–Crippen MR) is 69.7 cm³/mol. The fourth-order valence-electron chi connectivity index (χ4n) is 2.80. The molecule has 1 fully saturated rings. The molecular formula is C14H29NO. The Labute approximate surface area is 101 Å². The van der Waals surface area contributed by atoms with Gasteiger partial charge in [0.25, 0.3) is 0 Å². The predicted octanol–water partition coefficient (Wildman–Crippen LogP) is 3.36. The van der Waals surface area contributed by atoms with Crippen LogP contribution in [0.4, 0.5) is 0 Å². The molecule has 0 aliphatic carbocycles. The Bertz CT molecular complexity index is 184. The van der Waals surface area contributed by atoms with E-state index in [4.69, 9.17) is 4.74 Å². The lowest BCUT2D eigenvalue weighted by Gasteiger charge is -2.27. The number of likely N-dealkylation sites (N-methyl/N-ethyl adjacent to an activating group) is 1. The van der Waals surface area contributed by atoms with Gasteiger partial charge in [-0.1, -0.05) is 33.6 Å². The highest BCUT2D eigenvalue weighted by Gasteiger charge is 2.29. The zero-order chi connectivity index (χ0) is 12.0. The molecule has 0 spiro atoms. The standard InChI is InChI=1S/C14H29NO/c1-5-7-11(3)10-13(15-6-2)14-9-8-12(4)16-14/h11-15H,5-10H2,1-4H3. The highest BCUT2D eigenvalue weighted by molar-refractivity contribution is 4.83. The summed E-state index contributed by atoms with van der Waals surface area (Å²) in [5.74, 6) is 0.813. The molecule has 1 aliphatic heterocycles. The first kappa shape index (κ1) is 14.0. The number of ether oxygens (including phenoxy) is 1. The van der Waals surface area contributed by atoms with Gasteiger partial charge in [0.1, 0.15) is 0 Å². The van der Waals surface area contributed by atoms with Crippen LogP contribution in [-0.2, 0) is 4.74 Å². The molecule has 2 nitrogen and oxygen atoms in total. The molecule has 1 saturated heterocycles. The molecular weight excluding hydrogens is 198 g/mol. The van der Waals surface area contributed by atoms with Crippen molar-refractivity contribution in [2.45, 2.75) is 78.0 Å². The van der Waals surface area contributed by atoms with Crippen LogP contribution in [0.2, 0.25) is 0 Å². The van der Waals surface area contributed by atoms with Gasteiger partial charge in [0.2, 0.25) is 0 Å². The van der Waals surface area contributed by atoms with Crippen molar-refractivity contribution < 1.29 is 4.74 Å². The van der Waals surface area contributed by atoms with E-state index in [9.17, 15) is 0 Å². The molecule has 0 radical (unpaired) electrons. The van der Waals surface area contributed by atoms with Gasteiger partial charge in [0.15, 0.2) is 0 Å². The molecule has 0 bridgehead atoms. The summed E-state index contributed by atoms with van der Waals surface area (Å²) in [5.41, 5.74) is 0. The van der Waals surface area contributed by atoms with E-state index in [0.717, 1.165) is 12.5 Å². The van der Waals surface area contributed by atoms with Crippen LogP contribution in [0.1, 0.15) is 59.8 Å². The highest BCUT2D eigenvalue weighted by atomic mass is 16.5. The molecule has 0 aromatic carbocycles. The fraction of sp³-hybridized carbons (Fsp3) is 1.00. The maximum Gasteiger partial charge on any atom is 0.0732 e. The molecule has 0 aromatic rings. The van der Waals surface area contributed by atoms with E-state index in [0.29, 0.717) is 18.2 Å². The van der Waals surface area contributed by atoms with E-state index in [1.165, 1.54) is 32.1 Å². The number of hydrogen-bond donors (Lipinski definition) is 1. The minimum atomic E-state index is 0.453. The topological polar surface area (TPSA) is 21.3 Å². The molecule has 16 heavy (non-hydrogen) atoms. The van der Waals surface area contributed by atoms with E-state index in [1.807, 2.05) is 0 Å². The van der Waals surface area contributed by atoms with E-state index in [-0.39, 0.29) is 0 Å². The van der Waals surface area contributed by atoms with Gasteiger partial charge in [-0.05, 0) is 38.6 Å². The van der Waals surface area contributed by atoms with Gasteiger partial charge in [-0.2, -0.15) is 0 Å². The molecule has 1 rings (SSSR count).